The van der Waals surface area contributed by atoms with Crippen LogP contribution < -0.4 is 5.43 Å². The highest BCUT2D eigenvalue weighted by atomic mass is 35.5. The molecule has 1 aromatic heterocycles. The lowest BCUT2D eigenvalue weighted by atomic mass is 10.0. The van der Waals surface area contributed by atoms with Crippen molar-refractivity contribution in [1.29, 1.82) is 0 Å². The minimum absolute atomic E-state index is 0.220. The number of fused-ring (bicyclic) bond motifs is 1. The van der Waals surface area contributed by atoms with Crippen LogP contribution in [0.5, 0.6) is 0 Å². The van der Waals surface area contributed by atoms with Crippen molar-refractivity contribution in [2.45, 2.75) is 6.42 Å². The molecule has 0 spiro atoms. The first kappa shape index (κ1) is 20.5. The molecule has 0 saturated heterocycles. The van der Waals surface area contributed by atoms with Gasteiger partial charge >= 0.3 is 0 Å². The summed E-state index contributed by atoms with van der Waals surface area (Å²) in [4.78, 5) is 12.3. The van der Waals surface area contributed by atoms with Crippen molar-refractivity contribution in [2.75, 3.05) is 0 Å². The van der Waals surface area contributed by atoms with Gasteiger partial charge in [0.05, 0.1) is 27.7 Å². The lowest BCUT2D eigenvalue weighted by Crippen LogP contribution is -2.19. The lowest BCUT2D eigenvalue weighted by Gasteiger charge is -2.05. The Kier molecular flexibility index (Phi) is 6.09. The summed E-state index contributed by atoms with van der Waals surface area (Å²) >= 11 is 18.2. The van der Waals surface area contributed by atoms with Crippen LogP contribution in [0.25, 0.3) is 22.1 Å². The smallest absolute Gasteiger partial charge is 0.244 e. The van der Waals surface area contributed by atoms with Crippen molar-refractivity contribution in [1.82, 2.24) is 5.43 Å². The number of carbonyl (C=O) groups excluding carboxylic acids is 1. The molecule has 0 saturated carbocycles. The zero-order valence-electron chi connectivity index (χ0n) is 15.5. The Labute approximate surface area is 188 Å². The third kappa shape index (κ3) is 4.51. The van der Waals surface area contributed by atoms with E-state index in [1.54, 1.807) is 24.3 Å². The van der Waals surface area contributed by atoms with Gasteiger partial charge in [-0.25, -0.2) is 5.43 Å². The predicted molar refractivity (Wildman–Crippen MR) is 123 cm³/mol. The van der Waals surface area contributed by atoms with Gasteiger partial charge < -0.3 is 4.42 Å². The van der Waals surface area contributed by atoms with Gasteiger partial charge in [0.2, 0.25) is 5.91 Å². The number of rotatable bonds is 5. The van der Waals surface area contributed by atoms with E-state index in [2.05, 4.69) is 10.5 Å². The molecule has 7 heteroatoms. The fraction of sp³-hybridized carbons (Fsp3) is 0.0435. The fourth-order valence-electron chi connectivity index (χ4n) is 3.11. The Morgan fingerprint density at radius 1 is 0.933 bits per heavy atom. The van der Waals surface area contributed by atoms with Crippen molar-refractivity contribution in [3.05, 3.63) is 93.1 Å². The zero-order valence-corrected chi connectivity index (χ0v) is 17.8. The van der Waals surface area contributed by atoms with Gasteiger partial charge in [0.1, 0.15) is 11.5 Å². The summed E-state index contributed by atoms with van der Waals surface area (Å²) in [5.41, 5.74) is 4.08. The molecule has 0 unspecified atom stereocenters. The first-order valence-electron chi connectivity index (χ1n) is 9.04. The molecule has 0 atom stereocenters. The van der Waals surface area contributed by atoms with E-state index >= 15 is 0 Å². The Hall–Kier alpha value is -2.79. The molecule has 0 aliphatic heterocycles. The Bertz CT molecular complexity index is 1260. The van der Waals surface area contributed by atoms with Gasteiger partial charge in [-0.3, -0.25) is 4.79 Å². The monoisotopic (exact) mass is 456 g/mol. The van der Waals surface area contributed by atoms with E-state index in [1.165, 1.54) is 6.21 Å². The number of hydrogen-bond donors (Lipinski definition) is 1. The molecule has 0 bridgehead atoms. The number of carbonyl (C=O) groups is 1. The van der Waals surface area contributed by atoms with E-state index in [1.807, 2.05) is 42.5 Å². The maximum absolute atomic E-state index is 12.3. The highest BCUT2D eigenvalue weighted by Gasteiger charge is 2.12. The number of nitrogens with zero attached hydrogens (tertiary/aromatic N) is 1. The number of halogens is 3. The third-order valence-electron chi connectivity index (χ3n) is 4.51. The highest BCUT2D eigenvalue weighted by Crippen LogP contribution is 2.35. The fourth-order valence-corrected chi connectivity index (χ4v) is 3.75. The summed E-state index contributed by atoms with van der Waals surface area (Å²) in [6.45, 7) is 0. The maximum Gasteiger partial charge on any atom is 0.244 e. The molecule has 0 radical (unpaired) electrons. The molecule has 30 heavy (non-hydrogen) atoms. The van der Waals surface area contributed by atoms with Gasteiger partial charge in [0.25, 0.3) is 0 Å². The summed E-state index contributed by atoms with van der Waals surface area (Å²) < 4.78 is 5.72. The van der Waals surface area contributed by atoms with E-state index in [0.717, 1.165) is 16.3 Å². The first-order chi connectivity index (χ1) is 14.5. The molecule has 1 amide bonds. The third-order valence-corrected chi connectivity index (χ3v) is 5.55. The molecular formula is C23H15Cl3N2O2. The Balaban J connectivity index is 1.43. The van der Waals surface area contributed by atoms with Crippen LogP contribution in [0.4, 0.5) is 0 Å². The minimum Gasteiger partial charge on any atom is -0.455 e. The summed E-state index contributed by atoms with van der Waals surface area (Å²) in [5.74, 6) is 0.751. The van der Waals surface area contributed by atoms with Crippen molar-refractivity contribution in [3.63, 3.8) is 0 Å². The number of furan rings is 1. The van der Waals surface area contributed by atoms with Gasteiger partial charge in [-0.05, 0) is 40.6 Å². The minimum atomic E-state index is -0.220. The van der Waals surface area contributed by atoms with Crippen molar-refractivity contribution in [2.24, 2.45) is 5.10 Å². The van der Waals surface area contributed by atoms with Gasteiger partial charge in [-0.1, -0.05) is 77.3 Å². The quantitative estimate of drug-likeness (QED) is 0.205. The van der Waals surface area contributed by atoms with Crippen LogP contribution in [0.3, 0.4) is 0 Å². The molecule has 0 aliphatic rings. The van der Waals surface area contributed by atoms with Crippen molar-refractivity contribution >= 4 is 57.7 Å². The molecule has 0 aliphatic carbocycles. The SMILES string of the molecule is O=C(Cc1cccc2ccccc12)N/N=C/c1ccc(-c2cc(Cl)c(Cl)cc2Cl)o1. The van der Waals surface area contributed by atoms with E-state index in [-0.39, 0.29) is 12.3 Å². The predicted octanol–water partition coefficient (Wildman–Crippen LogP) is 6.75. The average Bonchev–Trinajstić information content (AvgIpc) is 3.19. The topological polar surface area (TPSA) is 54.6 Å². The van der Waals surface area contributed by atoms with Crippen LogP contribution in [-0.4, -0.2) is 12.1 Å². The molecule has 1 heterocycles. The van der Waals surface area contributed by atoms with Crippen molar-refractivity contribution < 1.29 is 9.21 Å². The number of nitrogens with one attached hydrogen (secondary N) is 1. The normalized spacial score (nSPS) is 11.3. The van der Waals surface area contributed by atoms with E-state index in [9.17, 15) is 4.79 Å². The van der Waals surface area contributed by atoms with Crippen LogP contribution in [0, 0.1) is 0 Å². The summed E-state index contributed by atoms with van der Waals surface area (Å²) in [5, 5.41) is 7.29. The summed E-state index contributed by atoms with van der Waals surface area (Å²) in [6, 6.07) is 20.5. The van der Waals surface area contributed by atoms with E-state index in [4.69, 9.17) is 39.2 Å². The maximum atomic E-state index is 12.3. The van der Waals surface area contributed by atoms with Gasteiger partial charge in [-0.15, -0.1) is 0 Å². The second-order valence-corrected chi connectivity index (χ2v) is 7.78. The molecule has 4 rings (SSSR count). The number of hydrogen-bond acceptors (Lipinski definition) is 3. The van der Waals surface area contributed by atoms with Crippen LogP contribution in [-0.2, 0) is 11.2 Å². The number of hydrazone groups is 1. The van der Waals surface area contributed by atoms with Crippen LogP contribution in [0.2, 0.25) is 15.1 Å². The largest absolute Gasteiger partial charge is 0.455 e. The molecule has 4 nitrogen and oxygen atoms in total. The second-order valence-electron chi connectivity index (χ2n) is 6.56. The standard InChI is InChI=1S/C23H15Cl3N2O2/c24-19-12-21(26)20(25)11-18(19)22-9-8-16(30-22)13-27-28-23(29)10-15-6-3-5-14-4-1-2-7-17(14)15/h1-9,11-13H,10H2,(H,28,29)/b27-13+. The highest BCUT2D eigenvalue weighted by molar-refractivity contribution is 6.44. The molecule has 3 aromatic carbocycles. The number of amides is 1. The molecule has 150 valence electrons. The molecular weight excluding hydrogens is 443 g/mol. The second kappa shape index (κ2) is 8.92. The first-order valence-corrected chi connectivity index (χ1v) is 10.2. The Morgan fingerprint density at radius 3 is 2.57 bits per heavy atom. The van der Waals surface area contributed by atoms with Gasteiger partial charge in [0.15, 0.2) is 0 Å². The lowest BCUT2D eigenvalue weighted by molar-refractivity contribution is -0.120. The molecule has 0 fully saturated rings. The van der Waals surface area contributed by atoms with Crippen LogP contribution in [0.1, 0.15) is 11.3 Å². The zero-order chi connectivity index (χ0) is 21.1. The van der Waals surface area contributed by atoms with Gasteiger partial charge in [0, 0.05) is 5.56 Å². The van der Waals surface area contributed by atoms with Crippen molar-refractivity contribution in [3.8, 4) is 11.3 Å². The summed E-state index contributed by atoms with van der Waals surface area (Å²) in [6.07, 6.45) is 1.65. The van der Waals surface area contributed by atoms with Crippen LogP contribution in [0.15, 0.2) is 76.2 Å². The van der Waals surface area contributed by atoms with Gasteiger partial charge in [-0.2, -0.15) is 5.10 Å². The Morgan fingerprint density at radius 2 is 1.70 bits per heavy atom. The summed E-state index contributed by atoms with van der Waals surface area (Å²) in [7, 11) is 0. The molecule has 1 N–H and O–H groups in total. The van der Waals surface area contributed by atoms with E-state index < -0.39 is 0 Å². The molecule has 4 aromatic rings. The number of benzene rings is 3. The average molecular weight is 458 g/mol. The van der Waals surface area contributed by atoms with E-state index in [0.29, 0.717) is 32.2 Å². The van der Waals surface area contributed by atoms with Crippen LogP contribution >= 0.6 is 34.8 Å².